The molecule has 7 atom stereocenters. The van der Waals surface area contributed by atoms with Gasteiger partial charge in [0.25, 0.3) is 10.1 Å². The van der Waals surface area contributed by atoms with Gasteiger partial charge in [-0.15, -0.1) is 0 Å². The second kappa shape index (κ2) is 10.2. The van der Waals surface area contributed by atoms with Gasteiger partial charge >= 0.3 is 11.9 Å². The van der Waals surface area contributed by atoms with Crippen molar-refractivity contribution in [1.29, 1.82) is 0 Å². The van der Waals surface area contributed by atoms with Crippen LogP contribution in [-0.4, -0.2) is 45.0 Å². The van der Waals surface area contributed by atoms with Crippen LogP contribution in [0.1, 0.15) is 39.6 Å². The van der Waals surface area contributed by atoms with Crippen molar-refractivity contribution in [2.24, 2.45) is 29.1 Å². The highest BCUT2D eigenvalue weighted by Crippen LogP contribution is 2.76. The van der Waals surface area contributed by atoms with Crippen molar-refractivity contribution in [2.45, 2.75) is 37.4 Å². The zero-order valence-electron chi connectivity index (χ0n) is 22.6. The van der Waals surface area contributed by atoms with Crippen LogP contribution in [0.2, 0.25) is 0 Å². The molecule has 9 heteroatoms. The minimum Gasteiger partial charge on any atom is -0.456 e. The van der Waals surface area contributed by atoms with Gasteiger partial charge < -0.3 is 9.47 Å². The van der Waals surface area contributed by atoms with Crippen molar-refractivity contribution in [3.8, 4) is 0 Å². The maximum Gasteiger partial charge on any atom is 0.338 e. The molecule has 6 rings (SSSR count). The van der Waals surface area contributed by atoms with E-state index >= 15 is 0 Å². The van der Waals surface area contributed by atoms with Gasteiger partial charge in [-0.25, -0.2) is 9.59 Å². The van der Waals surface area contributed by atoms with Gasteiger partial charge in [-0.05, 0) is 61.6 Å². The van der Waals surface area contributed by atoms with Crippen LogP contribution in [0.5, 0.6) is 0 Å². The zero-order chi connectivity index (χ0) is 28.9. The summed E-state index contributed by atoms with van der Waals surface area (Å²) >= 11 is 0. The Bertz CT molecular complexity index is 1590. The molecule has 3 aromatic carbocycles. The van der Waals surface area contributed by atoms with Crippen LogP contribution in [0.15, 0.2) is 89.8 Å². The van der Waals surface area contributed by atoms with E-state index in [0.29, 0.717) is 17.5 Å². The highest BCUT2D eigenvalue weighted by atomic mass is 32.2. The number of hydrogen-bond donors (Lipinski definition) is 0. The smallest absolute Gasteiger partial charge is 0.338 e. The van der Waals surface area contributed by atoms with Gasteiger partial charge in [-0.2, -0.15) is 8.42 Å². The zero-order valence-corrected chi connectivity index (χ0v) is 23.5. The quantitative estimate of drug-likeness (QED) is 0.269. The summed E-state index contributed by atoms with van der Waals surface area (Å²) in [6, 6.07) is 23.2. The standard InChI is InChI=1S/C32H30O8S/c1-19-13-15-22(16-14-19)41(36,37)38-18-24(39-30(34)20-9-5-3-6-10-20)23-17-32(2)27-25(23)26(27)28(33)29(32)40-31(35)21-11-7-4-8-12-21/h3-16,23-27,29H,17-18H2,1-2H3/t23-,24+,25?,26?,27-,29?,32-/m0/s1. The third-order valence-corrected chi connectivity index (χ3v) is 10.2. The van der Waals surface area contributed by atoms with E-state index < -0.39 is 46.3 Å². The summed E-state index contributed by atoms with van der Waals surface area (Å²) in [5, 5.41) is 0. The van der Waals surface area contributed by atoms with Crippen LogP contribution >= 0.6 is 0 Å². The Hall–Kier alpha value is -3.82. The van der Waals surface area contributed by atoms with Crippen molar-refractivity contribution in [3.05, 3.63) is 102 Å². The lowest BCUT2D eigenvalue weighted by Crippen LogP contribution is -2.38. The molecule has 0 aliphatic heterocycles. The topological polar surface area (TPSA) is 113 Å². The molecular formula is C32H30O8S. The summed E-state index contributed by atoms with van der Waals surface area (Å²) in [5.41, 5.74) is 0.929. The summed E-state index contributed by atoms with van der Waals surface area (Å²) in [6.07, 6.45) is -1.44. The number of carbonyl (C=O) groups is 3. The summed E-state index contributed by atoms with van der Waals surface area (Å²) in [7, 11) is -4.13. The fourth-order valence-corrected chi connectivity index (χ4v) is 7.84. The van der Waals surface area contributed by atoms with Crippen LogP contribution < -0.4 is 0 Å². The molecule has 0 N–H and O–H groups in total. The highest BCUT2D eigenvalue weighted by Gasteiger charge is 2.80. The van der Waals surface area contributed by atoms with E-state index in [1.54, 1.807) is 72.8 Å². The maximum absolute atomic E-state index is 13.4. The number of carbonyl (C=O) groups excluding carboxylic acids is 3. The van der Waals surface area contributed by atoms with Gasteiger partial charge in [0.2, 0.25) is 0 Å². The second-order valence-electron chi connectivity index (χ2n) is 11.4. The van der Waals surface area contributed by atoms with Gasteiger partial charge in [0.1, 0.15) is 12.7 Å². The van der Waals surface area contributed by atoms with E-state index in [4.69, 9.17) is 13.7 Å². The van der Waals surface area contributed by atoms with Crippen LogP contribution in [0, 0.1) is 36.0 Å². The van der Waals surface area contributed by atoms with E-state index in [-0.39, 0.29) is 34.4 Å². The van der Waals surface area contributed by atoms with Gasteiger partial charge in [0, 0.05) is 17.3 Å². The minimum absolute atomic E-state index is 0.00190. The summed E-state index contributed by atoms with van der Waals surface area (Å²) < 4.78 is 43.2. The predicted molar refractivity (Wildman–Crippen MR) is 147 cm³/mol. The maximum atomic E-state index is 13.4. The first-order valence-corrected chi connectivity index (χ1v) is 15.0. The molecule has 212 valence electrons. The SMILES string of the molecule is Cc1ccc(S(=O)(=O)OC[C@@H](OC(=O)c2ccccc2)[C@@H]2C[C@]3(C)C(OC(=O)c4ccccc4)C(=O)C4C2[C@@H]43)cc1. The fourth-order valence-electron chi connectivity index (χ4n) is 6.92. The number of aryl methyl sites for hydroxylation is 1. The molecule has 3 saturated carbocycles. The minimum atomic E-state index is -4.13. The van der Waals surface area contributed by atoms with Gasteiger partial charge in [0.15, 0.2) is 11.9 Å². The number of ether oxygens (including phenoxy) is 2. The predicted octanol–water partition coefficient (Wildman–Crippen LogP) is 4.62. The van der Waals surface area contributed by atoms with E-state index in [2.05, 4.69) is 0 Å². The molecule has 3 aromatic rings. The first-order valence-electron chi connectivity index (χ1n) is 13.6. The van der Waals surface area contributed by atoms with Gasteiger partial charge in [-0.3, -0.25) is 8.98 Å². The number of esters is 2. The van der Waals surface area contributed by atoms with E-state index in [1.165, 1.54) is 12.1 Å². The van der Waals surface area contributed by atoms with Gasteiger partial charge in [0.05, 0.1) is 16.0 Å². The number of benzene rings is 3. The molecule has 0 saturated heterocycles. The largest absolute Gasteiger partial charge is 0.456 e. The molecule has 0 amide bonds. The molecule has 3 aliphatic rings. The molecule has 3 fully saturated rings. The van der Waals surface area contributed by atoms with Crippen molar-refractivity contribution in [2.75, 3.05) is 6.61 Å². The molecule has 0 heterocycles. The lowest BCUT2D eigenvalue weighted by atomic mass is 9.80. The number of fused-ring (bicyclic) bond motifs is 1. The first kappa shape index (κ1) is 27.4. The summed E-state index contributed by atoms with van der Waals surface area (Å²) in [6.45, 7) is 3.38. The molecule has 41 heavy (non-hydrogen) atoms. The Labute approximate surface area is 238 Å². The Morgan fingerprint density at radius 2 is 1.49 bits per heavy atom. The molecule has 3 aliphatic carbocycles. The Balaban J connectivity index is 1.24. The van der Waals surface area contributed by atoms with Crippen molar-refractivity contribution in [1.82, 2.24) is 0 Å². The number of hydrogen-bond acceptors (Lipinski definition) is 8. The lowest BCUT2D eigenvalue weighted by molar-refractivity contribution is -0.130. The average molecular weight is 575 g/mol. The van der Waals surface area contributed by atoms with Crippen LogP contribution in [0.3, 0.4) is 0 Å². The first-order chi connectivity index (χ1) is 19.6. The number of rotatable bonds is 9. The van der Waals surface area contributed by atoms with Crippen LogP contribution in [-0.2, 0) is 28.6 Å². The fraction of sp³-hybridized carbons (Fsp3) is 0.344. The molecule has 0 aromatic heterocycles. The van der Waals surface area contributed by atoms with E-state index in [0.717, 1.165) is 5.56 Å². The number of ketones is 1. The molecule has 3 unspecified atom stereocenters. The highest BCUT2D eigenvalue weighted by molar-refractivity contribution is 7.86. The average Bonchev–Trinajstić information content (AvgIpc) is 3.62. The summed E-state index contributed by atoms with van der Waals surface area (Å²) in [4.78, 5) is 39.3. The van der Waals surface area contributed by atoms with E-state index in [9.17, 15) is 22.8 Å². The summed E-state index contributed by atoms with van der Waals surface area (Å²) in [5.74, 6) is -2.13. The van der Waals surface area contributed by atoms with Crippen molar-refractivity contribution >= 4 is 27.8 Å². The second-order valence-corrected chi connectivity index (χ2v) is 13.0. The third kappa shape index (κ3) is 4.87. The Morgan fingerprint density at radius 1 is 0.902 bits per heavy atom. The third-order valence-electron chi connectivity index (χ3n) is 8.87. The van der Waals surface area contributed by atoms with E-state index in [1.807, 2.05) is 13.8 Å². The van der Waals surface area contributed by atoms with Crippen LogP contribution in [0.25, 0.3) is 0 Å². The Kier molecular flexibility index (Phi) is 6.82. The van der Waals surface area contributed by atoms with Crippen molar-refractivity contribution in [3.63, 3.8) is 0 Å². The molecule has 0 bridgehead atoms. The molecular weight excluding hydrogens is 544 g/mol. The molecule has 0 radical (unpaired) electrons. The lowest BCUT2D eigenvalue weighted by Gasteiger charge is -2.31. The molecule has 8 nitrogen and oxygen atoms in total. The van der Waals surface area contributed by atoms with Gasteiger partial charge in [-0.1, -0.05) is 61.0 Å². The monoisotopic (exact) mass is 574 g/mol. The molecule has 0 spiro atoms. The number of Topliss-reactive ketones (excluding diaryl/α,β-unsaturated/α-hetero) is 1. The Morgan fingerprint density at radius 3 is 2.07 bits per heavy atom. The normalized spacial score (nSPS) is 28.5. The van der Waals surface area contributed by atoms with Crippen molar-refractivity contribution < 1.29 is 36.5 Å². The van der Waals surface area contributed by atoms with Crippen LogP contribution in [0.4, 0.5) is 0 Å².